The molecular formula is C15H21NO3. The summed E-state index contributed by atoms with van der Waals surface area (Å²) in [7, 11) is 1.62. The van der Waals surface area contributed by atoms with Crippen LogP contribution in [0, 0.1) is 0 Å². The molecule has 4 nitrogen and oxygen atoms in total. The number of rotatable bonds is 5. The third-order valence-electron chi connectivity index (χ3n) is 3.95. The van der Waals surface area contributed by atoms with E-state index in [0.29, 0.717) is 6.42 Å². The molecule has 1 fully saturated rings. The maximum absolute atomic E-state index is 11.7. The minimum Gasteiger partial charge on any atom is -0.497 e. The van der Waals surface area contributed by atoms with Crippen molar-refractivity contribution in [1.82, 2.24) is 4.90 Å². The molecule has 104 valence electrons. The fraction of sp³-hybridized carbons (Fsp3) is 0.533. The van der Waals surface area contributed by atoms with E-state index >= 15 is 0 Å². The molecular weight excluding hydrogens is 242 g/mol. The first-order valence-electron chi connectivity index (χ1n) is 6.67. The zero-order valence-corrected chi connectivity index (χ0v) is 11.6. The van der Waals surface area contributed by atoms with Crippen molar-refractivity contribution in [2.24, 2.45) is 0 Å². The van der Waals surface area contributed by atoms with E-state index in [1.165, 1.54) is 0 Å². The fourth-order valence-electron chi connectivity index (χ4n) is 2.71. The first-order chi connectivity index (χ1) is 9.06. The third-order valence-corrected chi connectivity index (χ3v) is 3.95. The Kier molecular flexibility index (Phi) is 4.10. The minimum atomic E-state index is -0.830. The Bertz CT molecular complexity index is 454. The first kappa shape index (κ1) is 13.9. The molecule has 1 unspecified atom stereocenters. The average molecular weight is 263 g/mol. The average Bonchev–Trinajstić information content (AvgIpc) is 2.93. The van der Waals surface area contributed by atoms with Gasteiger partial charge in [-0.3, -0.25) is 9.69 Å². The van der Waals surface area contributed by atoms with E-state index in [1.807, 2.05) is 31.2 Å². The molecule has 0 aliphatic carbocycles. The number of benzene rings is 1. The van der Waals surface area contributed by atoms with Gasteiger partial charge >= 0.3 is 5.97 Å². The van der Waals surface area contributed by atoms with E-state index in [1.54, 1.807) is 7.11 Å². The smallest absolute Gasteiger partial charge is 0.324 e. The van der Waals surface area contributed by atoms with Crippen LogP contribution in [0.3, 0.4) is 0 Å². The van der Waals surface area contributed by atoms with E-state index in [0.717, 1.165) is 37.2 Å². The standard InChI is InChI=1S/C15H21NO3/c1-15(14(17)18,16-8-3-4-9-16)11-12-6-5-7-13(10-12)19-2/h5-7,10H,3-4,8-9,11H2,1-2H3,(H,17,18). The molecule has 0 amide bonds. The zero-order chi connectivity index (χ0) is 13.9. The second-order valence-corrected chi connectivity index (χ2v) is 5.30. The minimum absolute atomic E-state index is 0.500. The number of aliphatic carboxylic acids is 1. The summed E-state index contributed by atoms with van der Waals surface area (Å²) in [5.74, 6) is 0.0175. The molecule has 2 rings (SSSR count). The Balaban J connectivity index is 2.22. The molecule has 1 atom stereocenters. The van der Waals surface area contributed by atoms with Crippen molar-refractivity contribution < 1.29 is 14.6 Å². The van der Waals surface area contributed by atoms with Gasteiger partial charge in [0.1, 0.15) is 11.3 Å². The van der Waals surface area contributed by atoms with Crippen LogP contribution < -0.4 is 4.74 Å². The van der Waals surface area contributed by atoms with Crippen molar-refractivity contribution in [1.29, 1.82) is 0 Å². The molecule has 1 aliphatic rings. The summed E-state index contributed by atoms with van der Waals surface area (Å²) < 4.78 is 5.19. The summed E-state index contributed by atoms with van der Waals surface area (Å²) in [6.07, 6.45) is 2.67. The zero-order valence-electron chi connectivity index (χ0n) is 11.6. The lowest BCUT2D eigenvalue weighted by atomic mass is 9.91. The number of methoxy groups -OCH3 is 1. The molecule has 0 saturated carbocycles. The molecule has 1 aromatic carbocycles. The van der Waals surface area contributed by atoms with Crippen LogP contribution in [0.25, 0.3) is 0 Å². The maximum atomic E-state index is 11.7. The highest BCUT2D eigenvalue weighted by atomic mass is 16.5. The summed E-state index contributed by atoms with van der Waals surface area (Å²) >= 11 is 0. The molecule has 1 heterocycles. The molecule has 0 aromatic heterocycles. The molecule has 0 spiro atoms. The van der Waals surface area contributed by atoms with Gasteiger partial charge in [0.15, 0.2) is 0 Å². The largest absolute Gasteiger partial charge is 0.497 e. The van der Waals surface area contributed by atoms with Crippen molar-refractivity contribution in [2.75, 3.05) is 20.2 Å². The van der Waals surface area contributed by atoms with E-state index in [2.05, 4.69) is 4.90 Å². The molecule has 0 radical (unpaired) electrons. The van der Waals surface area contributed by atoms with Crippen molar-refractivity contribution in [2.45, 2.75) is 31.7 Å². The van der Waals surface area contributed by atoms with Crippen LogP contribution in [0.1, 0.15) is 25.3 Å². The van der Waals surface area contributed by atoms with Crippen LogP contribution in [-0.4, -0.2) is 41.7 Å². The van der Waals surface area contributed by atoms with Crippen LogP contribution >= 0.6 is 0 Å². The fourth-order valence-corrected chi connectivity index (χ4v) is 2.71. The second-order valence-electron chi connectivity index (χ2n) is 5.30. The van der Waals surface area contributed by atoms with E-state index in [9.17, 15) is 9.90 Å². The third kappa shape index (κ3) is 2.89. The number of nitrogens with zero attached hydrogens (tertiary/aromatic N) is 1. The van der Waals surface area contributed by atoms with Crippen LogP contribution in [0.5, 0.6) is 5.75 Å². The number of hydrogen-bond acceptors (Lipinski definition) is 3. The van der Waals surface area contributed by atoms with Gasteiger partial charge < -0.3 is 9.84 Å². The van der Waals surface area contributed by atoms with Gasteiger partial charge in [-0.05, 0) is 50.6 Å². The van der Waals surface area contributed by atoms with Crippen LogP contribution in [-0.2, 0) is 11.2 Å². The Hall–Kier alpha value is -1.55. The lowest BCUT2D eigenvalue weighted by Crippen LogP contribution is -2.52. The Morgan fingerprint density at radius 3 is 2.68 bits per heavy atom. The SMILES string of the molecule is COc1cccc(CC(C)(C(=O)O)N2CCCC2)c1. The molecule has 1 N–H and O–H groups in total. The first-order valence-corrected chi connectivity index (χ1v) is 6.67. The molecule has 19 heavy (non-hydrogen) atoms. The van der Waals surface area contributed by atoms with Crippen molar-refractivity contribution in [3.05, 3.63) is 29.8 Å². The summed E-state index contributed by atoms with van der Waals surface area (Å²) in [6.45, 7) is 3.56. The predicted molar refractivity (Wildman–Crippen MR) is 73.5 cm³/mol. The molecule has 1 aliphatic heterocycles. The van der Waals surface area contributed by atoms with Crippen molar-refractivity contribution >= 4 is 5.97 Å². The quantitative estimate of drug-likeness (QED) is 0.884. The number of carbonyl (C=O) groups is 1. The predicted octanol–water partition coefficient (Wildman–Crippen LogP) is 2.18. The summed E-state index contributed by atoms with van der Waals surface area (Å²) in [5, 5.41) is 9.61. The normalized spacial score (nSPS) is 19.1. The van der Waals surface area contributed by atoms with Gasteiger partial charge in [0.05, 0.1) is 7.11 Å². The highest BCUT2D eigenvalue weighted by Gasteiger charge is 2.40. The summed E-state index contributed by atoms with van der Waals surface area (Å²) in [4.78, 5) is 13.8. The lowest BCUT2D eigenvalue weighted by molar-refractivity contribution is -0.149. The van der Waals surface area contributed by atoms with Crippen molar-refractivity contribution in [3.8, 4) is 5.75 Å². The van der Waals surface area contributed by atoms with Gasteiger partial charge in [0, 0.05) is 6.42 Å². The topological polar surface area (TPSA) is 49.8 Å². The molecule has 0 bridgehead atoms. The highest BCUT2D eigenvalue weighted by Crippen LogP contribution is 2.27. The summed E-state index contributed by atoms with van der Waals surface area (Å²) in [6, 6.07) is 7.65. The second kappa shape index (κ2) is 5.61. The van der Waals surface area contributed by atoms with Gasteiger partial charge in [-0.25, -0.2) is 0 Å². The van der Waals surface area contributed by atoms with Gasteiger partial charge in [-0.15, -0.1) is 0 Å². The lowest BCUT2D eigenvalue weighted by Gasteiger charge is -2.35. The van der Waals surface area contributed by atoms with Gasteiger partial charge in [0.25, 0.3) is 0 Å². The highest BCUT2D eigenvalue weighted by molar-refractivity contribution is 5.78. The molecule has 1 saturated heterocycles. The van der Waals surface area contributed by atoms with E-state index in [4.69, 9.17) is 4.74 Å². The van der Waals surface area contributed by atoms with Gasteiger partial charge in [-0.2, -0.15) is 0 Å². The maximum Gasteiger partial charge on any atom is 0.324 e. The molecule has 4 heteroatoms. The van der Waals surface area contributed by atoms with E-state index in [-0.39, 0.29) is 0 Å². The van der Waals surface area contributed by atoms with Crippen molar-refractivity contribution in [3.63, 3.8) is 0 Å². The monoisotopic (exact) mass is 263 g/mol. The number of carboxylic acids is 1. The Morgan fingerprint density at radius 2 is 2.11 bits per heavy atom. The Labute approximate surface area is 114 Å². The number of likely N-dealkylation sites (tertiary alicyclic amines) is 1. The van der Waals surface area contributed by atoms with Crippen LogP contribution in [0.2, 0.25) is 0 Å². The Morgan fingerprint density at radius 1 is 1.42 bits per heavy atom. The number of hydrogen-bond donors (Lipinski definition) is 1. The van der Waals surface area contributed by atoms with Gasteiger partial charge in [-0.1, -0.05) is 12.1 Å². The van der Waals surface area contributed by atoms with Crippen LogP contribution in [0.4, 0.5) is 0 Å². The summed E-state index contributed by atoms with van der Waals surface area (Å²) in [5.41, 5.74) is 0.166. The van der Waals surface area contributed by atoms with Crippen LogP contribution in [0.15, 0.2) is 24.3 Å². The van der Waals surface area contributed by atoms with Gasteiger partial charge in [0.2, 0.25) is 0 Å². The van der Waals surface area contributed by atoms with E-state index < -0.39 is 11.5 Å². The number of carboxylic acid groups (broad SMARTS) is 1. The number of ether oxygens (including phenoxy) is 1. The molecule has 1 aromatic rings.